The molecule has 1 rings (SSSR count). The van der Waals surface area contributed by atoms with Crippen LogP contribution in [0.3, 0.4) is 0 Å². The van der Waals surface area contributed by atoms with Gasteiger partial charge in [-0.25, -0.2) is 0 Å². The first-order valence-electron chi connectivity index (χ1n) is 5.08. The van der Waals surface area contributed by atoms with Gasteiger partial charge in [0, 0.05) is 6.04 Å². The molecule has 0 saturated heterocycles. The van der Waals surface area contributed by atoms with Crippen LogP contribution in [0.25, 0.3) is 0 Å². The standard InChI is InChI=1S/C10H21N/c1-2-3-4-9-5-7-10(11)8-6-9/h9-10H,2-8,11H2,1H3. The van der Waals surface area contributed by atoms with Gasteiger partial charge in [0.25, 0.3) is 0 Å². The summed E-state index contributed by atoms with van der Waals surface area (Å²) in [4.78, 5) is 0. The van der Waals surface area contributed by atoms with Crippen LogP contribution in [0.4, 0.5) is 0 Å². The summed E-state index contributed by atoms with van der Waals surface area (Å²) in [5.41, 5.74) is 5.83. The Morgan fingerprint density at radius 1 is 1.18 bits per heavy atom. The second-order valence-electron chi connectivity index (χ2n) is 3.92. The van der Waals surface area contributed by atoms with Crippen LogP contribution in [0.1, 0.15) is 51.9 Å². The van der Waals surface area contributed by atoms with E-state index in [1.165, 1.54) is 44.9 Å². The average molecular weight is 155 g/mol. The lowest BCUT2D eigenvalue weighted by atomic mass is 9.83. The Kier molecular flexibility index (Phi) is 3.92. The molecule has 0 aliphatic heterocycles. The third-order valence-corrected chi connectivity index (χ3v) is 2.86. The lowest BCUT2D eigenvalue weighted by Crippen LogP contribution is -2.26. The van der Waals surface area contributed by atoms with Crippen LogP contribution >= 0.6 is 0 Å². The maximum atomic E-state index is 5.83. The highest BCUT2D eigenvalue weighted by Gasteiger charge is 2.17. The summed E-state index contributed by atoms with van der Waals surface area (Å²) in [6.07, 6.45) is 9.54. The molecule has 11 heavy (non-hydrogen) atoms. The first-order valence-corrected chi connectivity index (χ1v) is 5.08. The lowest BCUT2D eigenvalue weighted by Gasteiger charge is -2.25. The maximum absolute atomic E-state index is 5.83. The maximum Gasteiger partial charge on any atom is 0.00390 e. The van der Waals surface area contributed by atoms with E-state index in [9.17, 15) is 0 Å². The van der Waals surface area contributed by atoms with Gasteiger partial charge in [0.2, 0.25) is 0 Å². The summed E-state index contributed by atoms with van der Waals surface area (Å²) < 4.78 is 0. The van der Waals surface area contributed by atoms with Crippen LogP contribution in [0.5, 0.6) is 0 Å². The van der Waals surface area contributed by atoms with Crippen molar-refractivity contribution in [3.63, 3.8) is 0 Å². The van der Waals surface area contributed by atoms with Gasteiger partial charge < -0.3 is 5.73 Å². The monoisotopic (exact) mass is 155 g/mol. The van der Waals surface area contributed by atoms with E-state index < -0.39 is 0 Å². The Hall–Kier alpha value is -0.0400. The molecule has 0 heterocycles. The molecule has 1 saturated carbocycles. The van der Waals surface area contributed by atoms with Gasteiger partial charge in [-0.15, -0.1) is 0 Å². The fourth-order valence-corrected chi connectivity index (χ4v) is 1.97. The number of hydrogen-bond donors (Lipinski definition) is 1. The number of hydrogen-bond acceptors (Lipinski definition) is 1. The molecule has 0 aromatic rings. The van der Waals surface area contributed by atoms with Gasteiger partial charge in [0.1, 0.15) is 0 Å². The second kappa shape index (κ2) is 4.76. The summed E-state index contributed by atoms with van der Waals surface area (Å²) in [7, 11) is 0. The van der Waals surface area contributed by atoms with Crippen molar-refractivity contribution in [2.45, 2.75) is 57.9 Å². The van der Waals surface area contributed by atoms with Crippen molar-refractivity contribution in [3.05, 3.63) is 0 Å². The SMILES string of the molecule is CCCCC1CCC(N)CC1. The van der Waals surface area contributed by atoms with Crippen molar-refractivity contribution < 1.29 is 0 Å². The lowest BCUT2D eigenvalue weighted by molar-refractivity contribution is 0.305. The Morgan fingerprint density at radius 2 is 1.82 bits per heavy atom. The molecule has 0 unspecified atom stereocenters. The van der Waals surface area contributed by atoms with Gasteiger partial charge in [-0.05, 0) is 31.6 Å². The molecule has 0 atom stereocenters. The van der Waals surface area contributed by atoms with E-state index in [1.54, 1.807) is 0 Å². The van der Waals surface area contributed by atoms with Crippen LogP contribution < -0.4 is 5.73 Å². The molecule has 1 fully saturated rings. The summed E-state index contributed by atoms with van der Waals surface area (Å²) in [5, 5.41) is 0. The molecule has 0 amide bonds. The predicted molar refractivity (Wildman–Crippen MR) is 49.5 cm³/mol. The molecule has 1 aliphatic rings. The minimum Gasteiger partial charge on any atom is -0.328 e. The highest BCUT2D eigenvalue weighted by atomic mass is 14.6. The van der Waals surface area contributed by atoms with Crippen molar-refractivity contribution in [1.29, 1.82) is 0 Å². The molecular weight excluding hydrogens is 134 g/mol. The van der Waals surface area contributed by atoms with E-state index in [0.717, 1.165) is 5.92 Å². The predicted octanol–water partition coefficient (Wildman–Crippen LogP) is 2.69. The van der Waals surface area contributed by atoms with Gasteiger partial charge in [0.15, 0.2) is 0 Å². The van der Waals surface area contributed by atoms with E-state index in [1.807, 2.05) is 0 Å². The van der Waals surface area contributed by atoms with Crippen LogP contribution in [0.2, 0.25) is 0 Å². The number of unbranched alkanes of at least 4 members (excludes halogenated alkanes) is 1. The van der Waals surface area contributed by atoms with Gasteiger partial charge >= 0.3 is 0 Å². The normalized spacial score (nSPS) is 32.2. The molecule has 1 nitrogen and oxygen atoms in total. The Labute approximate surface area is 70.4 Å². The number of rotatable bonds is 3. The Bertz CT molecular complexity index is 90.3. The minimum atomic E-state index is 0.521. The van der Waals surface area contributed by atoms with Crippen LogP contribution in [0, 0.1) is 5.92 Å². The van der Waals surface area contributed by atoms with E-state index in [4.69, 9.17) is 5.73 Å². The fourth-order valence-electron chi connectivity index (χ4n) is 1.97. The molecule has 0 aromatic carbocycles. The van der Waals surface area contributed by atoms with Gasteiger partial charge in [-0.3, -0.25) is 0 Å². The Balaban J connectivity index is 2.07. The second-order valence-corrected chi connectivity index (χ2v) is 3.92. The topological polar surface area (TPSA) is 26.0 Å². The van der Waals surface area contributed by atoms with Gasteiger partial charge in [0.05, 0.1) is 0 Å². The zero-order valence-electron chi connectivity index (χ0n) is 7.68. The average Bonchev–Trinajstić information content (AvgIpc) is 2.04. The quantitative estimate of drug-likeness (QED) is 0.666. The largest absolute Gasteiger partial charge is 0.328 e. The third kappa shape index (κ3) is 3.24. The summed E-state index contributed by atoms with van der Waals surface area (Å²) in [5.74, 6) is 1.01. The van der Waals surface area contributed by atoms with Crippen molar-refractivity contribution in [3.8, 4) is 0 Å². The molecule has 1 heteroatoms. The van der Waals surface area contributed by atoms with Crippen LogP contribution in [0.15, 0.2) is 0 Å². The summed E-state index contributed by atoms with van der Waals surface area (Å²) in [6, 6.07) is 0.521. The molecule has 66 valence electrons. The van der Waals surface area contributed by atoms with Crippen molar-refractivity contribution in [2.75, 3.05) is 0 Å². The Morgan fingerprint density at radius 3 is 2.36 bits per heavy atom. The van der Waals surface area contributed by atoms with Crippen LogP contribution in [-0.2, 0) is 0 Å². The van der Waals surface area contributed by atoms with Crippen LogP contribution in [-0.4, -0.2) is 6.04 Å². The zero-order valence-corrected chi connectivity index (χ0v) is 7.68. The number of nitrogens with two attached hydrogens (primary N) is 1. The molecule has 2 N–H and O–H groups in total. The van der Waals surface area contributed by atoms with E-state index in [-0.39, 0.29) is 0 Å². The third-order valence-electron chi connectivity index (χ3n) is 2.86. The smallest absolute Gasteiger partial charge is 0.00390 e. The first-order chi connectivity index (χ1) is 5.33. The van der Waals surface area contributed by atoms with Crippen molar-refractivity contribution in [1.82, 2.24) is 0 Å². The van der Waals surface area contributed by atoms with E-state index in [0.29, 0.717) is 6.04 Å². The highest BCUT2D eigenvalue weighted by Crippen LogP contribution is 2.27. The van der Waals surface area contributed by atoms with E-state index in [2.05, 4.69) is 6.92 Å². The summed E-state index contributed by atoms with van der Waals surface area (Å²) >= 11 is 0. The van der Waals surface area contributed by atoms with Gasteiger partial charge in [-0.2, -0.15) is 0 Å². The zero-order chi connectivity index (χ0) is 8.10. The first kappa shape index (κ1) is 9.05. The molecule has 0 aromatic heterocycles. The highest BCUT2D eigenvalue weighted by molar-refractivity contribution is 4.73. The molecule has 0 spiro atoms. The fraction of sp³-hybridized carbons (Fsp3) is 1.00. The van der Waals surface area contributed by atoms with Crippen molar-refractivity contribution >= 4 is 0 Å². The summed E-state index contributed by atoms with van der Waals surface area (Å²) in [6.45, 7) is 2.27. The molecule has 0 radical (unpaired) electrons. The van der Waals surface area contributed by atoms with Crippen molar-refractivity contribution in [2.24, 2.45) is 11.7 Å². The molecule has 1 aliphatic carbocycles. The van der Waals surface area contributed by atoms with Gasteiger partial charge in [-0.1, -0.05) is 26.2 Å². The molecule has 0 bridgehead atoms. The minimum absolute atomic E-state index is 0.521. The van der Waals surface area contributed by atoms with E-state index >= 15 is 0 Å². The molecular formula is C10H21N.